The number of unbranched alkanes of at least 4 members (excludes halogenated alkanes) is 3. The van der Waals surface area contributed by atoms with E-state index in [1.807, 2.05) is 0 Å². The molecule has 4 aliphatic carbocycles. The van der Waals surface area contributed by atoms with Gasteiger partial charge in [0.25, 0.3) is 0 Å². The number of nitrogens with one attached hydrogen (secondary N) is 2. The predicted octanol–water partition coefficient (Wildman–Crippen LogP) is 4.21. The van der Waals surface area contributed by atoms with Crippen LogP contribution in [0.2, 0.25) is 0 Å². The van der Waals surface area contributed by atoms with Crippen LogP contribution >= 0.6 is 0 Å². The van der Waals surface area contributed by atoms with E-state index in [1.54, 1.807) is 6.42 Å². The maximum Gasteiger partial charge on any atom is 0.0124 e. The molecule has 0 unspecified atom stereocenters. The van der Waals surface area contributed by atoms with E-state index < -0.39 is 0 Å². The zero-order chi connectivity index (χ0) is 13.8. The summed E-state index contributed by atoms with van der Waals surface area (Å²) in [6.45, 7) is 5.83. The van der Waals surface area contributed by atoms with Crippen LogP contribution in [0.4, 0.5) is 0 Å². The van der Waals surface area contributed by atoms with Crippen molar-refractivity contribution in [3.63, 3.8) is 0 Å². The Labute approximate surface area is 132 Å². The summed E-state index contributed by atoms with van der Waals surface area (Å²) in [7, 11) is 0. The first-order chi connectivity index (χ1) is 9.86. The van der Waals surface area contributed by atoms with E-state index in [2.05, 4.69) is 17.6 Å². The van der Waals surface area contributed by atoms with E-state index in [9.17, 15) is 0 Å². The van der Waals surface area contributed by atoms with E-state index in [1.165, 1.54) is 64.5 Å². The Morgan fingerprint density at radius 3 is 2.05 bits per heavy atom. The monoisotopic (exact) mass is 294 g/mol. The molecule has 0 radical (unpaired) electrons. The maximum absolute atomic E-state index is 3.90. The summed E-state index contributed by atoms with van der Waals surface area (Å²) in [5.41, 5.74) is 0. The molecule has 124 valence electrons. The van der Waals surface area contributed by atoms with Crippen LogP contribution in [0.1, 0.15) is 72.1 Å². The second-order valence-corrected chi connectivity index (χ2v) is 7.72. The Bertz CT molecular complexity index is 261. The Balaban J connectivity index is 0.00000161. The Kier molecular flexibility index (Phi) is 7.01. The minimum absolute atomic E-state index is 0. The minimum atomic E-state index is 0. The third kappa shape index (κ3) is 4.45. The molecule has 0 aromatic carbocycles. The van der Waals surface area contributed by atoms with Crippen LogP contribution in [0.5, 0.6) is 0 Å². The average molecular weight is 295 g/mol. The molecule has 0 heterocycles. The number of rotatable bonds is 9. The molecular formula is C19H38N2. The number of hydrogen-bond acceptors (Lipinski definition) is 2. The normalized spacial score (nSPS) is 36.7. The molecule has 4 bridgehead atoms. The van der Waals surface area contributed by atoms with Crippen LogP contribution in [0.25, 0.3) is 0 Å². The molecule has 4 saturated carbocycles. The lowest BCUT2D eigenvalue weighted by atomic mass is 9.54. The Morgan fingerprint density at radius 1 is 0.762 bits per heavy atom. The van der Waals surface area contributed by atoms with Gasteiger partial charge >= 0.3 is 0 Å². The van der Waals surface area contributed by atoms with Crippen LogP contribution in [0.3, 0.4) is 0 Å². The Morgan fingerprint density at radius 2 is 1.43 bits per heavy atom. The highest BCUT2D eigenvalue weighted by Gasteiger charge is 2.47. The standard InChI is InChI=1S/C18H34N2.CH4/c1-2-3-4-5-6-19-7-8-20-18-16-10-14-9-15(12-16)13-17(18)11-14;/h14-20H,2-13H2,1H3;1H4. The van der Waals surface area contributed by atoms with Crippen molar-refractivity contribution in [2.75, 3.05) is 19.6 Å². The van der Waals surface area contributed by atoms with E-state index in [-0.39, 0.29) is 7.43 Å². The lowest BCUT2D eigenvalue weighted by Crippen LogP contribution is -2.55. The van der Waals surface area contributed by atoms with Crippen molar-refractivity contribution in [2.24, 2.45) is 23.7 Å². The summed E-state index contributed by atoms with van der Waals surface area (Å²) in [5.74, 6) is 4.26. The van der Waals surface area contributed by atoms with Crippen LogP contribution in [0.15, 0.2) is 0 Å². The Hall–Kier alpha value is -0.0800. The number of hydrogen-bond donors (Lipinski definition) is 2. The lowest BCUT2D eigenvalue weighted by molar-refractivity contribution is -0.0133. The van der Waals surface area contributed by atoms with Crippen LogP contribution in [-0.4, -0.2) is 25.7 Å². The van der Waals surface area contributed by atoms with E-state index >= 15 is 0 Å². The van der Waals surface area contributed by atoms with Crippen molar-refractivity contribution in [1.82, 2.24) is 10.6 Å². The van der Waals surface area contributed by atoms with E-state index in [0.29, 0.717) is 0 Å². The van der Waals surface area contributed by atoms with Crippen LogP contribution in [0, 0.1) is 23.7 Å². The molecule has 0 saturated heterocycles. The first-order valence-electron chi connectivity index (χ1n) is 9.31. The van der Waals surface area contributed by atoms with Gasteiger partial charge in [-0.3, -0.25) is 0 Å². The molecule has 4 rings (SSSR count). The molecule has 0 spiro atoms. The predicted molar refractivity (Wildman–Crippen MR) is 92.6 cm³/mol. The first-order valence-corrected chi connectivity index (χ1v) is 9.31. The van der Waals surface area contributed by atoms with Crippen LogP contribution in [-0.2, 0) is 0 Å². The first kappa shape index (κ1) is 17.3. The molecule has 0 aromatic heterocycles. The molecule has 2 nitrogen and oxygen atoms in total. The van der Waals surface area contributed by atoms with Gasteiger partial charge in [-0.2, -0.15) is 0 Å². The maximum atomic E-state index is 3.90. The third-order valence-corrected chi connectivity index (χ3v) is 6.12. The quantitative estimate of drug-likeness (QED) is 0.623. The smallest absolute Gasteiger partial charge is 0.0124 e. The van der Waals surface area contributed by atoms with Gasteiger partial charge in [0.1, 0.15) is 0 Å². The molecule has 4 aliphatic rings. The average Bonchev–Trinajstić information content (AvgIpc) is 2.43. The fraction of sp³-hybridized carbons (Fsp3) is 1.00. The molecule has 0 aliphatic heterocycles. The highest BCUT2D eigenvalue weighted by Crippen LogP contribution is 2.53. The van der Waals surface area contributed by atoms with Gasteiger partial charge in [-0.25, -0.2) is 0 Å². The van der Waals surface area contributed by atoms with Gasteiger partial charge in [0, 0.05) is 19.1 Å². The summed E-state index contributed by atoms with van der Waals surface area (Å²) in [4.78, 5) is 0. The fourth-order valence-corrected chi connectivity index (χ4v) is 5.39. The highest BCUT2D eigenvalue weighted by atomic mass is 15.0. The van der Waals surface area contributed by atoms with Crippen molar-refractivity contribution in [3.05, 3.63) is 0 Å². The van der Waals surface area contributed by atoms with Crippen molar-refractivity contribution in [1.29, 1.82) is 0 Å². The van der Waals surface area contributed by atoms with Crippen molar-refractivity contribution in [3.8, 4) is 0 Å². The zero-order valence-electron chi connectivity index (χ0n) is 13.4. The fourth-order valence-electron chi connectivity index (χ4n) is 5.39. The van der Waals surface area contributed by atoms with Gasteiger partial charge in [-0.1, -0.05) is 33.6 Å². The van der Waals surface area contributed by atoms with Crippen molar-refractivity contribution in [2.45, 2.75) is 78.2 Å². The van der Waals surface area contributed by atoms with Gasteiger partial charge in [0.2, 0.25) is 0 Å². The summed E-state index contributed by atoms with van der Waals surface area (Å²) < 4.78 is 0. The molecule has 0 amide bonds. The topological polar surface area (TPSA) is 24.1 Å². The van der Waals surface area contributed by atoms with Gasteiger partial charge in [0.15, 0.2) is 0 Å². The second kappa shape index (κ2) is 8.53. The van der Waals surface area contributed by atoms with Crippen LogP contribution < -0.4 is 10.6 Å². The van der Waals surface area contributed by atoms with E-state index in [4.69, 9.17) is 0 Å². The molecule has 0 aromatic rings. The summed E-state index contributed by atoms with van der Waals surface area (Å²) in [6, 6.07) is 0.865. The molecular weight excluding hydrogens is 256 g/mol. The molecule has 2 N–H and O–H groups in total. The minimum Gasteiger partial charge on any atom is -0.315 e. The molecule has 2 heteroatoms. The van der Waals surface area contributed by atoms with Crippen molar-refractivity contribution < 1.29 is 0 Å². The van der Waals surface area contributed by atoms with Crippen molar-refractivity contribution >= 4 is 0 Å². The van der Waals surface area contributed by atoms with Gasteiger partial charge < -0.3 is 10.6 Å². The van der Waals surface area contributed by atoms with Gasteiger partial charge in [0.05, 0.1) is 0 Å². The zero-order valence-corrected chi connectivity index (χ0v) is 13.4. The largest absolute Gasteiger partial charge is 0.315 e. The second-order valence-electron chi connectivity index (χ2n) is 7.72. The van der Waals surface area contributed by atoms with Gasteiger partial charge in [-0.15, -0.1) is 0 Å². The summed E-state index contributed by atoms with van der Waals surface area (Å²) in [6.07, 6.45) is 13.2. The molecule has 0 atom stereocenters. The van der Waals surface area contributed by atoms with E-state index in [0.717, 1.165) is 36.3 Å². The molecule has 21 heavy (non-hydrogen) atoms. The lowest BCUT2D eigenvalue weighted by Gasteiger charge is -2.54. The summed E-state index contributed by atoms with van der Waals surface area (Å²) in [5, 5.41) is 7.51. The third-order valence-electron chi connectivity index (χ3n) is 6.12. The SMILES string of the molecule is C.CCCCCCNCCNC1C2CC3CC(C2)CC1C3. The van der Waals surface area contributed by atoms with Gasteiger partial charge in [-0.05, 0) is 68.7 Å². The molecule has 4 fully saturated rings. The highest BCUT2D eigenvalue weighted by molar-refractivity contribution is 5.01. The summed E-state index contributed by atoms with van der Waals surface area (Å²) >= 11 is 0.